The van der Waals surface area contributed by atoms with E-state index in [-0.39, 0.29) is 12.5 Å². The summed E-state index contributed by atoms with van der Waals surface area (Å²) in [6, 6.07) is 15.0. The highest BCUT2D eigenvalue weighted by Gasteiger charge is 2.22. The normalized spacial score (nSPS) is 14.3. The molecule has 0 radical (unpaired) electrons. The highest BCUT2D eigenvalue weighted by molar-refractivity contribution is 6.19. The van der Waals surface area contributed by atoms with Crippen molar-refractivity contribution in [2.24, 2.45) is 4.99 Å². The third kappa shape index (κ3) is 2.39. The fourth-order valence-electron chi connectivity index (χ4n) is 2.40. The van der Waals surface area contributed by atoms with E-state index >= 15 is 0 Å². The van der Waals surface area contributed by atoms with Gasteiger partial charge in [-0.3, -0.25) is 20.5 Å². The molecule has 1 heterocycles. The van der Waals surface area contributed by atoms with E-state index in [0.29, 0.717) is 5.69 Å². The van der Waals surface area contributed by atoms with Crippen LogP contribution in [0.15, 0.2) is 53.5 Å². The Balaban J connectivity index is 2.22. The van der Waals surface area contributed by atoms with Gasteiger partial charge in [0.15, 0.2) is 0 Å². The van der Waals surface area contributed by atoms with E-state index in [4.69, 9.17) is 5.21 Å². The molecule has 0 aliphatic carbocycles. The van der Waals surface area contributed by atoms with Gasteiger partial charge in [0.1, 0.15) is 6.54 Å². The number of aliphatic imine (C=N–C) groups is 1. The molecule has 0 saturated carbocycles. The molecule has 0 aromatic heterocycles. The second-order valence-electron chi connectivity index (χ2n) is 4.83. The topological polar surface area (TPSA) is 64.9 Å². The van der Waals surface area contributed by atoms with Crippen LogP contribution in [0.1, 0.15) is 11.1 Å². The van der Waals surface area contributed by atoms with Gasteiger partial charge in [-0.1, -0.05) is 30.3 Å². The monoisotopic (exact) mass is 281 g/mol. The standard InChI is InChI=1S/C16H15N3O2/c1-19-14-8-7-12(18-21)9-13(14)16(17-10-15(19)20)11-5-3-2-4-6-11/h2-9,18,21H,10H2,1H3. The lowest BCUT2D eigenvalue weighted by molar-refractivity contribution is -0.116. The summed E-state index contributed by atoms with van der Waals surface area (Å²) in [7, 11) is 1.73. The van der Waals surface area contributed by atoms with Gasteiger partial charge in [-0.05, 0) is 18.2 Å². The summed E-state index contributed by atoms with van der Waals surface area (Å²) in [6.45, 7) is 0.108. The third-order valence-electron chi connectivity index (χ3n) is 3.54. The molecule has 1 aliphatic rings. The van der Waals surface area contributed by atoms with Crippen molar-refractivity contribution in [2.45, 2.75) is 0 Å². The smallest absolute Gasteiger partial charge is 0.248 e. The van der Waals surface area contributed by atoms with E-state index in [0.717, 1.165) is 22.5 Å². The van der Waals surface area contributed by atoms with E-state index < -0.39 is 0 Å². The molecule has 2 N–H and O–H groups in total. The lowest BCUT2D eigenvalue weighted by atomic mass is 10.00. The van der Waals surface area contributed by atoms with Gasteiger partial charge in [0.25, 0.3) is 0 Å². The molecule has 0 fully saturated rings. The first kappa shape index (κ1) is 13.3. The minimum Gasteiger partial charge on any atom is -0.313 e. The summed E-state index contributed by atoms with van der Waals surface area (Å²) >= 11 is 0. The third-order valence-corrected chi connectivity index (χ3v) is 3.54. The molecule has 1 amide bonds. The number of fused-ring (bicyclic) bond motifs is 1. The van der Waals surface area contributed by atoms with E-state index in [2.05, 4.69) is 10.5 Å². The quantitative estimate of drug-likeness (QED) is 0.830. The average molecular weight is 281 g/mol. The second kappa shape index (κ2) is 5.38. The molecule has 21 heavy (non-hydrogen) atoms. The molecule has 0 saturated heterocycles. The molecule has 3 rings (SSSR count). The number of hydrogen-bond donors (Lipinski definition) is 2. The minimum atomic E-state index is -0.0631. The molecule has 5 nitrogen and oxygen atoms in total. The van der Waals surface area contributed by atoms with Crippen LogP contribution in [-0.4, -0.2) is 30.4 Å². The number of rotatable bonds is 2. The van der Waals surface area contributed by atoms with Gasteiger partial charge < -0.3 is 4.90 Å². The van der Waals surface area contributed by atoms with Gasteiger partial charge >= 0.3 is 0 Å². The number of nitrogens with one attached hydrogen (secondary N) is 1. The van der Waals surface area contributed by atoms with Crippen molar-refractivity contribution in [1.82, 2.24) is 0 Å². The molecule has 0 atom stereocenters. The summed E-state index contributed by atoms with van der Waals surface area (Å²) in [5, 5.41) is 9.11. The summed E-state index contributed by atoms with van der Waals surface area (Å²) < 4.78 is 0. The molecular formula is C16H15N3O2. The molecular weight excluding hydrogens is 266 g/mol. The van der Waals surface area contributed by atoms with E-state index in [1.165, 1.54) is 0 Å². The first-order valence-electron chi connectivity index (χ1n) is 6.61. The zero-order valence-electron chi connectivity index (χ0n) is 11.6. The van der Waals surface area contributed by atoms with Crippen LogP contribution in [-0.2, 0) is 4.79 Å². The Morgan fingerprint density at radius 3 is 2.67 bits per heavy atom. The van der Waals surface area contributed by atoms with Crippen molar-refractivity contribution in [2.75, 3.05) is 24.0 Å². The maximum absolute atomic E-state index is 12.1. The van der Waals surface area contributed by atoms with Crippen molar-refractivity contribution in [1.29, 1.82) is 0 Å². The number of nitrogens with zero attached hydrogens (tertiary/aromatic N) is 2. The maximum atomic E-state index is 12.1. The Morgan fingerprint density at radius 2 is 1.95 bits per heavy atom. The number of likely N-dealkylation sites (N-methyl/N-ethyl adjacent to an activating group) is 1. The molecule has 2 aromatic rings. The van der Waals surface area contributed by atoms with Crippen LogP contribution in [0.3, 0.4) is 0 Å². The fraction of sp³-hybridized carbons (Fsp3) is 0.125. The van der Waals surface area contributed by atoms with Crippen molar-refractivity contribution in [3.05, 3.63) is 59.7 Å². The predicted octanol–water partition coefficient (Wildman–Crippen LogP) is 2.30. The van der Waals surface area contributed by atoms with Crippen molar-refractivity contribution < 1.29 is 10.0 Å². The Kier molecular flexibility index (Phi) is 3.41. The number of anilines is 2. The lowest BCUT2D eigenvalue weighted by Crippen LogP contribution is -2.27. The Bertz CT molecular complexity index is 711. The number of benzodiazepines with no additional fused rings is 1. The maximum Gasteiger partial charge on any atom is 0.248 e. The molecule has 2 aromatic carbocycles. The second-order valence-corrected chi connectivity index (χ2v) is 4.83. The van der Waals surface area contributed by atoms with Crippen molar-refractivity contribution in [3.8, 4) is 0 Å². The van der Waals surface area contributed by atoms with Gasteiger partial charge in [0.05, 0.1) is 17.1 Å². The van der Waals surface area contributed by atoms with Gasteiger partial charge in [0.2, 0.25) is 5.91 Å². The van der Waals surface area contributed by atoms with E-state index in [1.807, 2.05) is 30.3 Å². The van der Waals surface area contributed by atoms with Crippen LogP contribution in [0.2, 0.25) is 0 Å². The number of benzene rings is 2. The van der Waals surface area contributed by atoms with Gasteiger partial charge in [-0.25, -0.2) is 0 Å². The van der Waals surface area contributed by atoms with E-state index in [9.17, 15) is 4.79 Å². The largest absolute Gasteiger partial charge is 0.313 e. The van der Waals surface area contributed by atoms with Gasteiger partial charge in [0, 0.05) is 18.2 Å². The van der Waals surface area contributed by atoms with Crippen LogP contribution >= 0.6 is 0 Å². The molecule has 1 aliphatic heterocycles. The van der Waals surface area contributed by atoms with Crippen LogP contribution in [0, 0.1) is 0 Å². The summed E-state index contributed by atoms with van der Waals surface area (Å²) in [5.74, 6) is -0.0631. The average Bonchev–Trinajstić information content (AvgIpc) is 2.66. The Hall–Kier alpha value is -2.66. The van der Waals surface area contributed by atoms with Crippen LogP contribution < -0.4 is 10.4 Å². The zero-order valence-corrected chi connectivity index (χ0v) is 11.6. The number of carbonyl (C=O) groups is 1. The van der Waals surface area contributed by atoms with Crippen molar-refractivity contribution in [3.63, 3.8) is 0 Å². The first-order valence-corrected chi connectivity index (χ1v) is 6.61. The minimum absolute atomic E-state index is 0.0631. The summed E-state index contributed by atoms with van der Waals surface area (Å²) in [4.78, 5) is 18.1. The Labute approximate surface area is 122 Å². The SMILES string of the molecule is CN1C(=O)CN=C(c2ccccc2)c2cc(NO)ccc21. The van der Waals surface area contributed by atoms with E-state index in [1.54, 1.807) is 30.1 Å². The molecule has 0 bridgehead atoms. The first-order chi connectivity index (χ1) is 10.2. The molecule has 5 heteroatoms. The highest BCUT2D eigenvalue weighted by atomic mass is 16.5. The van der Waals surface area contributed by atoms with Gasteiger partial charge in [-0.2, -0.15) is 0 Å². The summed E-state index contributed by atoms with van der Waals surface area (Å²) in [6.07, 6.45) is 0. The molecule has 106 valence electrons. The lowest BCUT2D eigenvalue weighted by Gasteiger charge is -2.18. The van der Waals surface area contributed by atoms with Crippen LogP contribution in [0.4, 0.5) is 11.4 Å². The zero-order chi connectivity index (χ0) is 14.8. The molecule has 0 spiro atoms. The van der Waals surface area contributed by atoms with Crippen LogP contribution in [0.5, 0.6) is 0 Å². The fourth-order valence-corrected chi connectivity index (χ4v) is 2.40. The van der Waals surface area contributed by atoms with Crippen LogP contribution in [0.25, 0.3) is 0 Å². The number of hydrogen-bond acceptors (Lipinski definition) is 4. The highest BCUT2D eigenvalue weighted by Crippen LogP contribution is 2.28. The predicted molar refractivity (Wildman–Crippen MR) is 82.2 cm³/mol. The Morgan fingerprint density at radius 1 is 1.19 bits per heavy atom. The molecule has 0 unspecified atom stereocenters. The number of amides is 1. The van der Waals surface area contributed by atoms with Gasteiger partial charge in [-0.15, -0.1) is 0 Å². The summed E-state index contributed by atoms with van der Waals surface area (Å²) in [5.41, 5.74) is 5.98. The van der Waals surface area contributed by atoms with Crippen molar-refractivity contribution >= 4 is 23.0 Å². The number of carbonyl (C=O) groups excluding carboxylic acids is 1.